The molecule has 0 aromatic carbocycles. The minimum absolute atomic E-state index is 0.140. The molecule has 2 rings (SSSR count). The first-order chi connectivity index (χ1) is 9.56. The molecule has 0 saturated carbocycles. The molecule has 0 saturated heterocycles. The van der Waals surface area contributed by atoms with Crippen LogP contribution in [-0.2, 0) is 11.3 Å². The van der Waals surface area contributed by atoms with Gasteiger partial charge in [0.1, 0.15) is 0 Å². The van der Waals surface area contributed by atoms with Gasteiger partial charge in [-0.25, -0.2) is 9.67 Å². The molecule has 6 heteroatoms. The van der Waals surface area contributed by atoms with Crippen molar-refractivity contribution in [2.45, 2.75) is 19.9 Å². The number of aromatic nitrogens is 3. The molecule has 0 atom stereocenters. The topological polar surface area (TPSA) is 99.8 Å². The van der Waals surface area contributed by atoms with Crippen LogP contribution in [0.4, 0.5) is 5.69 Å². The first-order valence-corrected chi connectivity index (χ1v) is 6.05. The van der Waals surface area contributed by atoms with Crippen molar-refractivity contribution in [1.29, 1.82) is 0 Å². The van der Waals surface area contributed by atoms with E-state index in [1.807, 2.05) is 0 Å². The van der Waals surface area contributed by atoms with Crippen molar-refractivity contribution in [2.75, 3.05) is 5.73 Å². The van der Waals surface area contributed by atoms with Gasteiger partial charge in [-0.2, -0.15) is 5.10 Å². The SMILES string of the molecule is C=C(C(N)=O)c1cnc2c(cnn2CCC#CC)c1N. The van der Waals surface area contributed by atoms with Gasteiger partial charge < -0.3 is 11.5 Å². The van der Waals surface area contributed by atoms with Gasteiger partial charge in [-0.15, -0.1) is 11.8 Å². The lowest BCUT2D eigenvalue weighted by Crippen LogP contribution is -2.13. The molecule has 0 radical (unpaired) electrons. The Balaban J connectivity index is 2.45. The van der Waals surface area contributed by atoms with Crippen LogP contribution >= 0.6 is 0 Å². The van der Waals surface area contributed by atoms with Crippen molar-refractivity contribution in [2.24, 2.45) is 5.73 Å². The summed E-state index contributed by atoms with van der Waals surface area (Å²) in [6, 6.07) is 0. The molecule has 6 nitrogen and oxygen atoms in total. The number of hydrogen-bond acceptors (Lipinski definition) is 4. The summed E-state index contributed by atoms with van der Waals surface area (Å²) >= 11 is 0. The molecule has 20 heavy (non-hydrogen) atoms. The van der Waals surface area contributed by atoms with Gasteiger partial charge in [0.2, 0.25) is 5.91 Å². The highest BCUT2D eigenvalue weighted by Crippen LogP contribution is 2.27. The fourth-order valence-electron chi connectivity index (χ4n) is 1.87. The number of carbonyl (C=O) groups is 1. The van der Waals surface area contributed by atoms with Crippen LogP contribution in [0.15, 0.2) is 19.0 Å². The van der Waals surface area contributed by atoms with Gasteiger partial charge in [0, 0.05) is 23.8 Å². The summed E-state index contributed by atoms with van der Waals surface area (Å²) in [6.07, 6.45) is 3.80. The van der Waals surface area contributed by atoms with Crippen LogP contribution in [0.25, 0.3) is 16.6 Å². The molecule has 0 unspecified atom stereocenters. The highest BCUT2D eigenvalue weighted by molar-refractivity contribution is 6.20. The zero-order chi connectivity index (χ0) is 14.7. The van der Waals surface area contributed by atoms with Crippen molar-refractivity contribution < 1.29 is 4.79 Å². The number of aryl methyl sites for hydroxylation is 1. The Morgan fingerprint density at radius 3 is 2.90 bits per heavy atom. The maximum Gasteiger partial charge on any atom is 0.248 e. The third-order valence-corrected chi connectivity index (χ3v) is 2.96. The molecular formula is C14H15N5O. The number of nitrogen functional groups attached to an aromatic ring is 1. The summed E-state index contributed by atoms with van der Waals surface area (Å²) in [5.74, 6) is 5.17. The van der Waals surface area contributed by atoms with E-state index in [0.29, 0.717) is 35.2 Å². The fourth-order valence-corrected chi connectivity index (χ4v) is 1.87. The van der Waals surface area contributed by atoms with Crippen molar-refractivity contribution in [1.82, 2.24) is 14.8 Å². The maximum atomic E-state index is 11.2. The average Bonchev–Trinajstić information content (AvgIpc) is 2.83. The molecule has 2 heterocycles. The van der Waals surface area contributed by atoms with E-state index < -0.39 is 5.91 Å². The van der Waals surface area contributed by atoms with E-state index in [1.54, 1.807) is 17.8 Å². The number of rotatable bonds is 4. The minimum atomic E-state index is -0.622. The predicted octanol–water partition coefficient (Wildman–Crippen LogP) is 0.925. The van der Waals surface area contributed by atoms with E-state index in [-0.39, 0.29) is 5.57 Å². The molecule has 0 aliphatic carbocycles. The van der Waals surface area contributed by atoms with Crippen molar-refractivity contribution in [3.05, 3.63) is 24.5 Å². The first-order valence-electron chi connectivity index (χ1n) is 6.05. The van der Waals surface area contributed by atoms with Crippen molar-refractivity contribution >= 4 is 28.2 Å². The minimum Gasteiger partial charge on any atom is -0.398 e. The lowest BCUT2D eigenvalue weighted by atomic mass is 10.1. The van der Waals surface area contributed by atoms with Crippen LogP contribution in [0, 0.1) is 11.8 Å². The second-order valence-corrected chi connectivity index (χ2v) is 4.21. The Kier molecular flexibility index (Phi) is 3.71. The summed E-state index contributed by atoms with van der Waals surface area (Å²) in [5, 5.41) is 4.91. The molecule has 0 bridgehead atoms. The van der Waals surface area contributed by atoms with Gasteiger partial charge in [-0.3, -0.25) is 4.79 Å². The number of nitrogens with two attached hydrogens (primary N) is 2. The Morgan fingerprint density at radius 2 is 2.25 bits per heavy atom. The highest BCUT2D eigenvalue weighted by atomic mass is 16.1. The Labute approximate surface area is 116 Å². The fraction of sp³-hybridized carbons (Fsp3) is 0.214. The molecular weight excluding hydrogens is 254 g/mol. The second kappa shape index (κ2) is 5.45. The van der Waals surface area contributed by atoms with Crippen molar-refractivity contribution in [3.8, 4) is 11.8 Å². The zero-order valence-corrected chi connectivity index (χ0v) is 11.2. The maximum absolute atomic E-state index is 11.2. The van der Waals surface area contributed by atoms with Crippen molar-refractivity contribution in [3.63, 3.8) is 0 Å². The van der Waals surface area contributed by atoms with Gasteiger partial charge >= 0.3 is 0 Å². The Morgan fingerprint density at radius 1 is 1.50 bits per heavy atom. The normalized spacial score (nSPS) is 10.1. The van der Waals surface area contributed by atoms with Gasteiger partial charge in [0.25, 0.3) is 0 Å². The van der Waals surface area contributed by atoms with E-state index in [1.165, 1.54) is 6.20 Å². The lowest BCUT2D eigenvalue weighted by molar-refractivity contribution is -0.112. The second-order valence-electron chi connectivity index (χ2n) is 4.21. The number of pyridine rings is 1. The van der Waals surface area contributed by atoms with Crippen LogP contribution in [0.3, 0.4) is 0 Å². The third-order valence-electron chi connectivity index (χ3n) is 2.96. The van der Waals surface area contributed by atoms with E-state index in [0.717, 1.165) is 0 Å². The molecule has 2 aromatic heterocycles. The van der Waals surface area contributed by atoms with Crippen LogP contribution in [0.2, 0.25) is 0 Å². The number of carbonyl (C=O) groups excluding carboxylic acids is 1. The van der Waals surface area contributed by atoms with Crippen LogP contribution in [0.5, 0.6) is 0 Å². The number of fused-ring (bicyclic) bond motifs is 1. The van der Waals surface area contributed by atoms with Crippen LogP contribution in [0.1, 0.15) is 18.9 Å². The third kappa shape index (κ3) is 2.34. The lowest BCUT2D eigenvalue weighted by Gasteiger charge is -2.07. The number of nitrogens with zero attached hydrogens (tertiary/aromatic N) is 3. The molecule has 102 valence electrons. The van der Waals surface area contributed by atoms with E-state index >= 15 is 0 Å². The summed E-state index contributed by atoms with van der Waals surface area (Å²) in [7, 11) is 0. The molecule has 1 amide bonds. The number of primary amides is 1. The van der Waals surface area contributed by atoms with Gasteiger partial charge in [-0.1, -0.05) is 6.58 Å². The number of anilines is 1. The predicted molar refractivity (Wildman–Crippen MR) is 78.2 cm³/mol. The molecule has 0 spiro atoms. The van der Waals surface area contributed by atoms with Crippen LogP contribution < -0.4 is 11.5 Å². The Bertz CT molecular complexity index is 748. The van der Waals surface area contributed by atoms with Gasteiger partial charge in [0.15, 0.2) is 5.65 Å². The summed E-state index contributed by atoms with van der Waals surface area (Å²) in [5.41, 5.74) is 12.9. The van der Waals surface area contributed by atoms with Gasteiger partial charge in [0.05, 0.1) is 23.8 Å². The van der Waals surface area contributed by atoms with Gasteiger partial charge in [-0.05, 0) is 6.92 Å². The largest absolute Gasteiger partial charge is 0.398 e. The average molecular weight is 269 g/mol. The van der Waals surface area contributed by atoms with Crippen LogP contribution in [-0.4, -0.2) is 20.7 Å². The zero-order valence-electron chi connectivity index (χ0n) is 11.2. The Hall–Kier alpha value is -2.81. The van der Waals surface area contributed by atoms with E-state index in [4.69, 9.17) is 11.5 Å². The summed E-state index contributed by atoms with van der Waals surface area (Å²) < 4.78 is 1.73. The standard InChI is InChI=1S/C14H15N5O/c1-3-4-5-6-19-14-11(8-18-19)12(15)10(7-17-14)9(2)13(16)20/h7-8H,2,5-6H2,1H3,(H2,15,17)(H2,16,20). The molecule has 0 fully saturated rings. The number of hydrogen-bond donors (Lipinski definition) is 2. The highest BCUT2D eigenvalue weighted by Gasteiger charge is 2.15. The summed E-state index contributed by atoms with van der Waals surface area (Å²) in [6.45, 7) is 6.04. The molecule has 0 aliphatic rings. The van der Waals surface area contributed by atoms with E-state index in [2.05, 4.69) is 28.5 Å². The quantitative estimate of drug-likeness (QED) is 0.636. The monoisotopic (exact) mass is 269 g/mol. The summed E-state index contributed by atoms with van der Waals surface area (Å²) in [4.78, 5) is 15.5. The molecule has 4 N–H and O–H groups in total. The smallest absolute Gasteiger partial charge is 0.248 e. The van der Waals surface area contributed by atoms with E-state index in [9.17, 15) is 4.79 Å². The first kappa shape index (κ1) is 13.6. The number of amides is 1. The molecule has 2 aromatic rings. The molecule has 0 aliphatic heterocycles.